The Labute approximate surface area is 171 Å². The van der Waals surface area contributed by atoms with E-state index in [1.165, 1.54) is 17.3 Å². The molecule has 0 radical (unpaired) electrons. The molecule has 8 heteroatoms. The van der Waals surface area contributed by atoms with Crippen LogP contribution in [0.25, 0.3) is 0 Å². The second-order valence-electron chi connectivity index (χ2n) is 7.69. The average Bonchev–Trinajstić information content (AvgIpc) is 2.98. The third-order valence-corrected chi connectivity index (χ3v) is 7.44. The molecule has 1 aromatic rings. The molecule has 28 heavy (non-hydrogen) atoms. The first-order chi connectivity index (χ1) is 13.1. The van der Waals surface area contributed by atoms with Gasteiger partial charge in [0.25, 0.3) is 5.91 Å². The van der Waals surface area contributed by atoms with Gasteiger partial charge in [-0.1, -0.05) is 19.9 Å². The molecule has 1 saturated heterocycles. The lowest BCUT2D eigenvalue weighted by atomic mass is 10.1. The van der Waals surface area contributed by atoms with Crippen LogP contribution in [-0.2, 0) is 24.2 Å². The van der Waals surface area contributed by atoms with Crippen LogP contribution in [0.4, 0.5) is 0 Å². The van der Waals surface area contributed by atoms with Gasteiger partial charge >= 0.3 is 5.97 Å². The van der Waals surface area contributed by atoms with E-state index in [4.69, 9.17) is 4.74 Å². The number of hydrogen-bond acceptors (Lipinski definition) is 6. The molecular formula is C20H29NO5S2. The number of amides is 1. The largest absolute Gasteiger partial charge is 0.455 e. The second-order valence-corrected chi connectivity index (χ2v) is 11.0. The van der Waals surface area contributed by atoms with E-state index in [0.29, 0.717) is 13.0 Å². The Balaban J connectivity index is 1.86. The Morgan fingerprint density at radius 1 is 1.25 bits per heavy atom. The maximum Gasteiger partial charge on any atom is 0.316 e. The zero-order valence-corrected chi connectivity index (χ0v) is 18.6. The number of hydrogen-bond donors (Lipinski definition) is 0. The van der Waals surface area contributed by atoms with Crippen molar-refractivity contribution in [2.75, 3.05) is 30.4 Å². The van der Waals surface area contributed by atoms with Gasteiger partial charge in [-0.3, -0.25) is 9.59 Å². The third-order valence-electron chi connectivity index (χ3n) is 4.72. The first-order valence-electron chi connectivity index (χ1n) is 9.43. The predicted octanol–water partition coefficient (Wildman–Crippen LogP) is 2.61. The second kappa shape index (κ2) is 9.78. The summed E-state index contributed by atoms with van der Waals surface area (Å²) in [5.74, 6) is -0.380. The van der Waals surface area contributed by atoms with Crippen molar-refractivity contribution in [3.05, 3.63) is 29.3 Å². The molecule has 1 aliphatic heterocycles. The van der Waals surface area contributed by atoms with Crippen molar-refractivity contribution in [3.63, 3.8) is 0 Å². The Morgan fingerprint density at radius 2 is 1.96 bits per heavy atom. The van der Waals surface area contributed by atoms with E-state index < -0.39 is 15.8 Å². The van der Waals surface area contributed by atoms with Gasteiger partial charge in [-0.2, -0.15) is 0 Å². The van der Waals surface area contributed by atoms with Crippen molar-refractivity contribution in [2.24, 2.45) is 5.92 Å². The molecule has 2 rings (SSSR count). The van der Waals surface area contributed by atoms with Crippen LogP contribution in [0.3, 0.4) is 0 Å². The minimum Gasteiger partial charge on any atom is -0.455 e. The SMILES string of the molecule is Cc1ccc(SCC(=O)OCC(=O)N(CC(C)C)[C@H]2CCS(=O)(=O)C2)cc1C. The number of carbonyl (C=O) groups is 2. The fourth-order valence-corrected chi connectivity index (χ4v) is 5.60. The van der Waals surface area contributed by atoms with Crippen molar-refractivity contribution in [2.45, 2.75) is 45.1 Å². The van der Waals surface area contributed by atoms with Gasteiger partial charge in [-0.05, 0) is 49.4 Å². The van der Waals surface area contributed by atoms with Crippen LogP contribution >= 0.6 is 11.8 Å². The van der Waals surface area contributed by atoms with Gasteiger partial charge in [0, 0.05) is 17.5 Å². The smallest absolute Gasteiger partial charge is 0.316 e. The molecule has 0 saturated carbocycles. The fraction of sp³-hybridized carbons (Fsp3) is 0.600. The molecule has 0 aromatic heterocycles. The molecule has 1 heterocycles. The summed E-state index contributed by atoms with van der Waals surface area (Å²) in [6.45, 7) is 8.08. The zero-order chi connectivity index (χ0) is 20.9. The van der Waals surface area contributed by atoms with Gasteiger partial charge in [0.05, 0.1) is 17.3 Å². The van der Waals surface area contributed by atoms with Crippen molar-refractivity contribution in [3.8, 4) is 0 Å². The lowest BCUT2D eigenvalue weighted by Crippen LogP contribution is -2.45. The summed E-state index contributed by atoms with van der Waals surface area (Å²) in [6.07, 6.45) is 0.442. The topological polar surface area (TPSA) is 80.8 Å². The van der Waals surface area contributed by atoms with Crippen molar-refractivity contribution in [1.29, 1.82) is 0 Å². The number of thioether (sulfide) groups is 1. The van der Waals surface area contributed by atoms with Crippen LogP contribution in [0, 0.1) is 19.8 Å². The summed E-state index contributed by atoms with van der Waals surface area (Å²) in [4.78, 5) is 27.2. The van der Waals surface area contributed by atoms with Crippen molar-refractivity contribution in [1.82, 2.24) is 4.90 Å². The lowest BCUT2D eigenvalue weighted by Gasteiger charge is -2.29. The number of sulfone groups is 1. The third kappa shape index (κ3) is 6.81. The van der Waals surface area contributed by atoms with Crippen LogP contribution in [-0.4, -0.2) is 61.6 Å². The Morgan fingerprint density at radius 3 is 2.54 bits per heavy atom. The molecule has 0 spiro atoms. The summed E-state index contributed by atoms with van der Waals surface area (Å²) in [7, 11) is -3.09. The molecule has 0 N–H and O–H groups in total. The maximum atomic E-state index is 12.6. The van der Waals surface area contributed by atoms with E-state index >= 15 is 0 Å². The molecule has 1 aromatic carbocycles. The van der Waals surface area contributed by atoms with Crippen LogP contribution in [0.1, 0.15) is 31.4 Å². The average molecular weight is 428 g/mol. The van der Waals surface area contributed by atoms with E-state index in [2.05, 4.69) is 0 Å². The summed E-state index contributed by atoms with van der Waals surface area (Å²) in [5.41, 5.74) is 2.35. The summed E-state index contributed by atoms with van der Waals surface area (Å²) >= 11 is 1.37. The van der Waals surface area contributed by atoms with E-state index in [1.54, 1.807) is 4.90 Å². The quantitative estimate of drug-likeness (QED) is 0.469. The van der Waals surface area contributed by atoms with E-state index in [0.717, 1.165) is 10.5 Å². The van der Waals surface area contributed by atoms with Gasteiger partial charge in [-0.25, -0.2) is 8.42 Å². The zero-order valence-electron chi connectivity index (χ0n) is 16.9. The molecule has 1 atom stereocenters. The Hall–Kier alpha value is -1.54. The normalized spacial score (nSPS) is 18.2. The molecule has 0 unspecified atom stereocenters. The molecule has 0 bridgehead atoms. The van der Waals surface area contributed by atoms with Crippen LogP contribution in [0.5, 0.6) is 0 Å². The summed E-state index contributed by atoms with van der Waals surface area (Å²) in [6, 6.07) is 5.65. The first kappa shape index (κ1) is 22.7. The highest BCUT2D eigenvalue weighted by Gasteiger charge is 2.35. The standard InChI is InChI=1S/C20H29NO5S2/c1-14(2)10-21(17-7-8-28(24,25)13-17)19(22)11-26-20(23)12-27-18-6-5-15(3)16(4)9-18/h5-6,9,14,17H,7-8,10-13H2,1-4H3/t17-/m0/s1. The predicted molar refractivity (Wildman–Crippen MR) is 111 cm³/mol. The molecule has 0 aliphatic carbocycles. The van der Waals surface area contributed by atoms with E-state index in [-0.39, 0.29) is 41.7 Å². The molecule has 6 nitrogen and oxygen atoms in total. The van der Waals surface area contributed by atoms with Crippen LogP contribution in [0.2, 0.25) is 0 Å². The maximum absolute atomic E-state index is 12.6. The van der Waals surface area contributed by atoms with Gasteiger partial charge < -0.3 is 9.64 Å². The number of carbonyl (C=O) groups excluding carboxylic acids is 2. The number of benzene rings is 1. The highest BCUT2D eigenvalue weighted by molar-refractivity contribution is 8.00. The molecular weight excluding hydrogens is 398 g/mol. The first-order valence-corrected chi connectivity index (χ1v) is 12.2. The van der Waals surface area contributed by atoms with Crippen LogP contribution in [0.15, 0.2) is 23.1 Å². The Bertz CT molecular complexity index is 820. The van der Waals surface area contributed by atoms with Gasteiger partial charge in [0.1, 0.15) is 0 Å². The number of rotatable bonds is 8. The van der Waals surface area contributed by atoms with Gasteiger partial charge in [0.2, 0.25) is 0 Å². The minimum atomic E-state index is -3.09. The summed E-state index contributed by atoms with van der Waals surface area (Å²) < 4.78 is 28.7. The van der Waals surface area contributed by atoms with E-state index in [9.17, 15) is 18.0 Å². The molecule has 156 valence electrons. The fourth-order valence-electron chi connectivity index (χ4n) is 3.08. The number of ether oxygens (including phenoxy) is 1. The number of esters is 1. The van der Waals surface area contributed by atoms with Gasteiger partial charge in [0.15, 0.2) is 16.4 Å². The number of nitrogens with zero attached hydrogens (tertiary/aromatic N) is 1. The van der Waals surface area contributed by atoms with Crippen molar-refractivity contribution < 1.29 is 22.7 Å². The molecule has 1 fully saturated rings. The van der Waals surface area contributed by atoms with Crippen molar-refractivity contribution >= 4 is 33.5 Å². The Kier molecular flexibility index (Phi) is 7.95. The monoisotopic (exact) mass is 427 g/mol. The minimum absolute atomic E-state index is 0.0119. The highest BCUT2D eigenvalue weighted by Crippen LogP contribution is 2.22. The van der Waals surface area contributed by atoms with E-state index in [1.807, 2.05) is 45.9 Å². The molecule has 1 amide bonds. The van der Waals surface area contributed by atoms with Crippen LogP contribution < -0.4 is 0 Å². The summed E-state index contributed by atoms with van der Waals surface area (Å²) in [5, 5.41) is 0. The lowest BCUT2D eigenvalue weighted by molar-refractivity contribution is -0.151. The highest BCUT2D eigenvalue weighted by atomic mass is 32.2. The van der Waals surface area contributed by atoms with Gasteiger partial charge in [-0.15, -0.1) is 11.8 Å². The number of aryl methyl sites for hydroxylation is 2. The molecule has 1 aliphatic rings.